The summed E-state index contributed by atoms with van der Waals surface area (Å²) in [6.07, 6.45) is 2.50. The molecule has 23 heavy (non-hydrogen) atoms. The Balaban J connectivity index is 2.64. The average Bonchev–Trinajstić information content (AvgIpc) is 2.60. The Kier molecular flexibility index (Phi) is 6.10. The number of unbranched alkanes of at least 4 members (excludes halogenated alkanes) is 1. The molecule has 2 rings (SSSR count). The van der Waals surface area contributed by atoms with Gasteiger partial charge in [0.05, 0.1) is 7.11 Å². The molecule has 3 heteroatoms. The minimum Gasteiger partial charge on any atom is -0.466 e. The third-order valence-electron chi connectivity index (χ3n) is 3.71. The summed E-state index contributed by atoms with van der Waals surface area (Å²) >= 11 is 0. The molecule has 0 saturated carbocycles. The lowest BCUT2D eigenvalue weighted by molar-refractivity contribution is -0.136. The van der Waals surface area contributed by atoms with Crippen LogP contribution in [0.25, 0.3) is 5.57 Å². The van der Waals surface area contributed by atoms with E-state index >= 15 is 0 Å². The van der Waals surface area contributed by atoms with Gasteiger partial charge in [-0.15, -0.1) is 0 Å². The maximum absolute atomic E-state index is 13.3. The van der Waals surface area contributed by atoms with Gasteiger partial charge in [-0.25, -0.2) is 9.18 Å². The Labute approximate surface area is 136 Å². The van der Waals surface area contributed by atoms with E-state index in [0.29, 0.717) is 12.0 Å². The minimum absolute atomic E-state index is 0.297. The SMILES string of the molecule is CCCC/C(C(=O)OC)=C(/c1ccccc1)c1ccc(F)cc1. The number of hydrogen-bond donors (Lipinski definition) is 0. The fourth-order valence-corrected chi connectivity index (χ4v) is 2.54. The zero-order chi connectivity index (χ0) is 16.7. The van der Waals surface area contributed by atoms with Crippen molar-refractivity contribution in [2.75, 3.05) is 7.11 Å². The Morgan fingerprint density at radius 1 is 1.00 bits per heavy atom. The highest BCUT2D eigenvalue weighted by molar-refractivity contribution is 6.01. The number of benzene rings is 2. The van der Waals surface area contributed by atoms with Gasteiger partial charge in [-0.05, 0) is 41.7 Å². The molecule has 0 heterocycles. The monoisotopic (exact) mass is 312 g/mol. The summed E-state index contributed by atoms with van der Waals surface area (Å²) in [7, 11) is 1.39. The van der Waals surface area contributed by atoms with Gasteiger partial charge < -0.3 is 4.74 Å². The molecule has 0 amide bonds. The maximum Gasteiger partial charge on any atom is 0.334 e. The molecule has 0 aliphatic carbocycles. The second kappa shape index (κ2) is 8.28. The highest BCUT2D eigenvalue weighted by atomic mass is 19.1. The lowest BCUT2D eigenvalue weighted by Crippen LogP contribution is -2.09. The summed E-state index contributed by atoms with van der Waals surface area (Å²) in [6, 6.07) is 15.9. The predicted molar refractivity (Wildman–Crippen MR) is 90.4 cm³/mol. The smallest absolute Gasteiger partial charge is 0.334 e. The van der Waals surface area contributed by atoms with Crippen molar-refractivity contribution in [3.05, 3.63) is 77.1 Å². The van der Waals surface area contributed by atoms with Gasteiger partial charge in [0.25, 0.3) is 0 Å². The first-order valence-corrected chi connectivity index (χ1v) is 7.80. The van der Waals surface area contributed by atoms with Crippen LogP contribution in [-0.2, 0) is 9.53 Å². The highest BCUT2D eigenvalue weighted by Crippen LogP contribution is 2.30. The molecule has 0 saturated heterocycles. The normalized spacial score (nSPS) is 11.8. The summed E-state index contributed by atoms with van der Waals surface area (Å²) < 4.78 is 18.3. The van der Waals surface area contributed by atoms with Crippen LogP contribution < -0.4 is 0 Å². The van der Waals surface area contributed by atoms with Gasteiger partial charge in [0.15, 0.2) is 0 Å². The summed E-state index contributed by atoms with van der Waals surface area (Å²) in [5.41, 5.74) is 3.18. The van der Waals surface area contributed by atoms with Crippen molar-refractivity contribution < 1.29 is 13.9 Å². The number of ether oxygens (including phenoxy) is 1. The lowest BCUT2D eigenvalue weighted by Gasteiger charge is -2.15. The van der Waals surface area contributed by atoms with Crippen molar-refractivity contribution in [2.45, 2.75) is 26.2 Å². The van der Waals surface area contributed by atoms with Crippen LogP contribution in [0.4, 0.5) is 4.39 Å². The van der Waals surface area contributed by atoms with Crippen molar-refractivity contribution in [3.8, 4) is 0 Å². The van der Waals surface area contributed by atoms with Crippen LogP contribution in [0.15, 0.2) is 60.2 Å². The van der Waals surface area contributed by atoms with Gasteiger partial charge in [-0.2, -0.15) is 0 Å². The molecule has 0 fully saturated rings. The van der Waals surface area contributed by atoms with E-state index in [2.05, 4.69) is 6.92 Å². The molecule has 0 aromatic heterocycles. The van der Waals surface area contributed by atoms with Crippen molar-refractivity contribution in [2.24, 2.45) is 0 Å². The molecule has 0 unspecified atom stereocenters. The van der Waals surface area contributed by atoms with Crippen molar-refractivity contribution in [3.63, 3.8) is 0 Å². The number of hydrogen-bond acceptors (Lipinski definition) is 2. The summed E-state index contributed by atoms with van der Waals surface area (Å²) in [4.78, 5) is 12.3. The third kappa shape index (κ3) is 4.28. The van der Waals surface area contributed by atoms with Crippen molar-refractivity contribution in [1.29, 1.82) is 0 Å². The van der Waals surface area contributed by atoms with E-state index in [1.54, 1.807) is 12.1 Å². The van der Waals surface area contributed by atoms with Crippen LogP contribution in [0.1, 0.15) is 37.3 Å². The number of carbonyl (C=O) groups excluding carboxylic acids is 1. The maximum atomic E-state index is 13.3. The zero-order valence-electron chi connectivity index (χ0n) is 13.5. The minimum atomic E-state index is -0.332. The average molecular weight is 312 g/mol. The van der Waals surface area contributed by atoms with Crippen molar-refractivity contribution >= 4 is 11.5 Å². The number of carbonyl (C=O) groups is 1. The van der Waals surface area contributed by atoms with Gasteiger partial charge in [-0.3, -0.25) is 0 Å². The van der Waals surface area contributed by atoms with Crippen LogP contribution in [0.5, 0.6) is 0 Å². The van der Waals surface area contributed by atoms with Gasteiger partial charge in [0, 0.05) is 5.57 Å². The fourth-order valence-electron chi connectivity index (χ4n) is 2.54. The van der Waals surface area contributed by atoms with E-state index in [1.165, 1.54) is 19.2 Å². The zero-order valence-corrected chi connectivity index (χ0v) is 13.5. The first-order valence-electron chi connectivity index (χ1n) is 7.80. The first kappa shape index (κ1) is 16.9. The number of rotatable bonds is 6. The molecule has 0 aliphatic rings. The molecule has 0 atom stereocenters. The predicted octanol–water partition coefficient (Wildman–Crippen LogP) is 4.99. The van der Waals surface area contributed by atoms with Gasteiger partial charge in [0.1, 0.15) is 5.82 Å². The summed E-state index contributed by atoms with van der Waals surface area (Å²) in [5.74, 6) is -0.629. The molecule has 2 nitrogen and oxygen atoms in total. The van der Waals surface area contributed by atoms with Gasteiger partial charge >= 0.3 is 5.97 Å². The second-order valence-electron chi connectivity index (χ2n) is 5.32. The summed E-state index contributed by atoms with van der Waals surface area (Å²) in [6.45, 7) is 2.08. The van der Waals surface area contributed by atoms with E-state index < -0.39 is 0 Å². The van der Waals surface area contributed by atoms with Crippen LogP contribution in [0.3, 0.4) is 0 Å². The Bertz CT molecular complexity index is 673. The standard InChI is InChI=1S/C20H21FO2/c1-3-4-10-18(20(22)23-2)19(15-8-6-5-7-9-15)16-11-13-17(21)14-12-16/h5-9,11-14H,3-4,10H2,1-2H3/b19-18+. The molecule has 0 radical (unpaired) electrons. The topological polar surface area (TPSA) is 26.3 Å². The van der Waals surface area contributed by atoms with E-state index in [1.807, 2.05) is 30.3 Å². The molecule has 0 N–H and O–H groups in total. The number of esters is 1. The van der Waals surface area contributed by atoms with Gasteiger partial charge in [-0.1, -0.05) is 55.8 Å². The molecule has 2 aromatic rings. The molecule has 0 bridgehead atoms. The van der Waals surface area contributed by atoms with Gasteiger partial charge in [0.2, 0.25) is 0 Å². The quantitative estimate of drug-likeness (QED) is 0.555. The number of halogens is 1. The molecular formula is C20H21FO2. The molecule has 0 spiro atoms. The highest BCUT2D eigenvalue weighted by Gasteiger charge is 2.18. The Morgan fingerprint density at radius 2 is 1.61 bits per heavy atom. The van der Waals surface area contributed by atoms with E-state index in [9.17, 15) is 9.18 Å². The van der Waals surface area contributed by atoms with Crippen LogP contribution in [-0.4, -0.2) is 13.1 Å². The van der Waals surface area contributed by atoms with Crippen LogP contribution >= 0.6 is 0 Å². The Morgan fingerprint density at radius 3 is 2.17 bits per heavy atom. The van der Waals surface area contributed by atoms with E-state index in [4.69, 9.17) is 4.74 Å². The van der Waals surface area contributed by atoms with E-state index in [-0.39, 0.29) is 11.8 Å². The largest absolute Gasteiger partial charge is 0.466 e. The fraction of sp³-hybridized carbons (Fsp3) is 0.250. The second-order valence-corrected chi connectivity index (χ2v) is 5.32. The summed E-state index contributed by atoms with van der Waals surface area (Å²) in [5, 5.41) is 0. The van der Waals surface area contributed by atoms with E-state index in [0.717, 1.165) is 29.5 Å². The molecule has 120 valence electrons. The van der Waals surface area contributed by atoms with Crippen molar-refractivity contribution in [1.82, 2.24) is 0 Å². The molecule has 0 aliphatic heterocycles. The number of methoxy groups -OCH3 is 1. The van der Waals surface area contributed by atoms with Crippen LogP contribution in [0, 0.1) is 5.82 Å². The van der Waals surface area contributed by atoms with Crippen LogP contribution in [0.2, 0.25) is 0 Å². The Hall–Kier alpha value is -2.42. The first-order chi connectivity index (χ1) is 11.2. The molecule has 2 aromatic carbocycles. The third-order valence-corrected chi connectivity index (χ3v) is 3.71. The lowest BCUT2D eigenvalue weighted by atomic mass is 9.90. The molecular weight excluding hydrogens is 291 g/mol.